The zero-order valence-corrected chi connectivity index (χ0v) is 57.1. The number of phosphoric ester groups is 2. The van der Waals surface area contributed by atoms with Gasteiger partial charge in [0.15, 0.2) is 6.10 Å². The van der Waals surface area contributed by atoms with E-state index >= 15 is 0 Å². The molecule has 0 aliphatic carbocycles. The highest BCUT2D eigenvalue weighted by Gasteiger charge is 2.29. The molecule has 0 saturated heterocycles. The van der Waals surface area contributed by atoms with Crippen LogP contribution < -0.4 is 0 Å². The number of aliphatic hydroxyl groups excluding tert-OH is 2. The average molecular weight is 1290 g/mol. The van der Waals surface area contributed by atoms with E-state index in [2.05, 4.69) is 130 Å². The van der Waals surface area contributed by atoms with Crippen LogP contribution in [-0.2, 0) is 55.8 Å². The molecular weight excluding hydrogens is 1170 g/mol. The standard InChI is InChI=1S/C71H122O16P2/c1-4-7-10-13-16-19-22-25-27-29-31-32-34-36-37-40-42-45-48-51-54-57-69(74)81-60-66(72)61-83-88(77,78)84-62-67(73)63-85-89(79,80)86-65-68(87-71(76)59-56-53-50-47-44-39-24-21-18-15-12-9-6-3)64-82-70(75)58-55-52-49-46-43-41-38-35-33-30-28-26-23-20-17-14-11-8-5-2/h7-8,10-11,16-17,19-20,25-28,31-33,35-37,66-68,72-73H,4-6,9,12-15,18,21-24,29-30,34,38-65H2,1-3H3,(H,77,78)(H,79,80)/b10-7-,11-8-,19-16-,20-17-,27-25-,28-26-,32-31-,35-33-,37-36-. The van der Waals surface area contributed by atoms with Crippen molar-refractivity contribution in [3.8, 4) is 0 Å². The fourth-order valence-electron chi connectivity index (χ4n) is 8.82. The van der Waals surface area contributed by atoms with Gasteiger partial charge in [0.05, 0.1) is 26.4 Å². The van der Waals surface area contributed by atoms with Gasteiger partial charge in [0.25, 0.3) is 0 Å². The van der Waals surface area contributed by atoms with Gasteiger partial charge in [-0.3, -0.25) is 32.5 Å². The van der Waals surface area contributed by atoms with Gasteiger partial charge in [-0.05, 0) is 103 Å². The van der Waals surface area contributed by atoms with Gasteiger partial charge < -0.3 is 34.2 Å². The van der Waals surface area contributed by atoms with E-state index in [0.717, 1.165) is 154 Å². The molecule has 0 saturated carbocycles. The van der Waals surface area contributed by atoms with Crippen molar-refractivity contribution in [2.24, 2.45) is 0 Å². The summed E-state index contributed by atoms with van der Waals surface area (Å²) in [6.45, 7) is 2.40. The lowest BCUT2D eigenvalue weighted by Gasteiger charge is -2.21. The van der Waals surface area contributed by atoms with Gasteiger partial charge >= 0.3 is 33.6 Å². The summed E-state index contributed by atoms with van der Waals surface area (Å²) in [5.74, 6) is -1.61. The molecule has 0 radical (unpaired) electrons. The molecule has 512 valence electrons. The molecule has 0 aromatic heterocycles. The number of ether oxygens (including phenoxy) is 3. The van der Waals surface area contributed by atoms with E-state index in [1.165, 1.54) is 51.4 Å². The lowest BCUT2D eigenvalue weighted by atomic mass is 10.0. The normalized spacial score (nSPS) is 14.9. The molecule has 16 nitrogen and oxygen atoms in total. The largest absolute Gasteiger partial charge is 0.472 e. The second-order valence-electron chi connectivity index (χ2n) is 22.6. The Morgan fingerprint density at radius 1 is 0.326 bits per heavy atom. The Labute approximate surface area is 539 Å². The Morgan fingerprint density at radius 3 is 0.944 bits per heavy atom. The molecule has 0 aliphatic rings. The molecule has 0 amide bonds. The molecule has 5 unspecified atom stereocenters. The number of aliphatic hydroxyl groups is 2. The van der Waals surface area contributed by atoms with Crippen molar-refractivity contribution < 1.29 is 75.8 Å². The predicted octanol–water partition coefficient (Wildman–Crippen LogP) is 18.9. The van der Waals surface area contributed by atoms with Crippen molar-refractivity contribution in [3.05, 3.63) is 109 Å². The third-order valence-corrected chi connectivity index (χ3v) is 15.9. The summed E-state index contributed by atoms with van der Waals surface area (Å²) in [6.07, 6.45) is 71.3. The second kappa shape index (κ2) is 64.3. The highest BCUT2D eigenvalue weighted by Crippen LogP contribution is 2.45. The van der Waals surface area contributed by atoms with Gasteiger partial charge in [-0.2, -0.15) is 0 Å². The first-order chi connectivity index (χ1) is 43.2. The van der Waals surface area contributed by atoms with Crippen molar-refractivity contribution in [2.45, 2.75) is 283 Å². The van der Waals surface area contributed by atoms with Gasteiger partial charge in [0.2, 0.25) is 0 Å². The van der Waals surface area contributed by atoms with Gasteiger partial charge in [-0.1, -0.05) is 252 Å². The minimum Gasteiger partial charge on any atom is -0.463 e. The van der Waals surface area contributed by atoms with Crippen LogP contribution in [0.4, 0.5) is 0 Å². The smallest absolute Gasteiger partial charge is 0.463 e. The number of unbranched alkanes of at least 4 members (excludes halogenated alkanes) is 23. The summed E-state index contributed by atoms with van der Waals surface area (Å²) in [4.78, 5) is 58.4. The van der Waals surface area contributed by atoms with Crippen LogP contribution in [0.25, 0.3) is 0 Å². The van der Waals surface area contributed by atoms with Crippen LogP contribution >= 0.6 is 15.6 Å². The highest BCUT2D eigenvalue weighted by molar-refractivity contribution is 7.47. The Balaban J connectivity index is 4.65. The van der Waals surface area contributed by atoms with E-state index in [1.54, 1.807) is 0 Å². The molecule has 5 atom stereocenters. The van der Waals surface area contributed by atoms with Gasteiger partial charge in [-0.15, -0.1) is 0 Å². The predicted molar refractivity (Wildman–Crippen MR) is 362 cm³/mol. The van der Waals surface area contributed by atoms with Crippen LogP contribution in [0.5, 0.6) is 0 Å². The third-order valence-electron chi connectivity index (χ3n) is 14.0. The first-order valence-corrected chi connectivity index (χ1v) is 37.2. The molecule has 0 bridgehead atoms. The summed E-state index contributed by atoms with van der Waals surface area (Å²) >= 11 is 0. The number of carbonyl (C=O) groups excluding carboxylic acids is 3. The van der Waals surface area contributed by atoms with Crippen molar-refractivity contribution in [2.75, 3.05) is 39.6 Å². The van der Waals surface area contributed by atoms with Crippen molar-refractivity contribution >= 4 is 33.6 Å². The van der Waals surface area contributed by atoms with E-state index in [-0.39, 0.29) is 19.3 Å². The molecule has 0 aromatic carbocycles. The Bertz CT molecular complexity index is 2060. The SMILES string of the molecule is CC/C=C\C/C=C\C/C=C\C/C=C\C/C=C\CCCCCCCC(=O)OCC(O)COP(=O)(O)OCC(O)COP(=O)(O)OCC(COC(=O)CCCCCCCC/C=C\C/C=C\C/C=C\C/C=C\CC)OC(=O)CCCCCCCCCCCCCCC. The third kappa shape index (κ3) is 65.5. The maximum Gasteiger partial charge on any atom is 0.472 e. The number of esters is 3. The molecular formula is C71H122O16P2. The Hall–Kier alpha value is -3.79. The van der Waals surface area contributed by atoms with Crippen LogP contribution in [0.15, 0.2) is 109 Å². The van der Waals surface area contributed by atoms with E-state index in [0.29, 0.717) is 19.3 Å². The van der Waals surface area contributed by atoms with Crippen LogP contribution in [-0.4, -0.2) is 95.9 Å². The van der Waals surface area contributed by atoms with Gasteiger partial charge in [0.1, 0.15) is 25.4 Å². The van der Waals surface area contributed by atoms with E-state index in [1.807, 2.05) is 0 Å². The maximum absolute atomic E-state index is 12.9. The molecule has 0 aliphatic heterocycles. The lowest BCUT2D eigenvalue weighted by Crippen LogP contribution is -2.30. The minimum absolute atomic E-state index is 0.102. The number of hydrogen-bond donors (Lipinski definition) is 4. The summed E-state index contributed by atoms with van der Waals surface area (Å²) in [5.41, 5.74) is 0. The number of allylic oxidation sites excluding steroid dienone is 18. The minimum atomic E-state index is -4.93. The van der Waals surface area contributed by atoms with E-state index in [4.69, 9.17) is 32.3 Å². The first kappa shape index (κ1) is 85.2. The van der Waals surface area contributed by atoms with Gasteiger partial charge in [-0.25, -0.2) is 9.13 Å². The maximum atomic E-state index is 12.9. The highest BCUT2D eigenvalue weighted by atomic mass is 31.2. The van der Waals surface area contributed by atoms with Crippen LogP contribution in [0.2, 0.25) is 0 Å². The molecule has 0 rings (SSSR count). The zero-order chi connectivity index (χ0) is 65.3. The monoisotopic (exact) mass is 1290 g/mol. The second-order valence-corrected chi connectivity index (χ2v) is 25.5. The van der Waals surface area contributed by atoms with Crippen LogP contribution in [0.1, 0.15) is 265 Å². The Morgan fingerprint density at radius 2 is 0.596 bits per heavy atom. The van der Waals surface area contributed by atoms with Crippen molar-refractivity contribution in [3.63, 3.8) is 0 Å². The Kier molecular flexibility index (Phi) is 61.6. The number of carbonyl (C=O) groups is 3. The summed E-state index contributed by atoms with van der Waals surface area (Å²) in [7, 11) is -9.78. The topological polar surface area (TPSA) is 231 Å². The molecule has 89 heavy (non-hydrogen) atoms. The summed E-state index contributed by atoms with van der Waals surface area (Å²) < 4.78 is 60.9. The quantitative estimate of drug-likeness (QED) is 0.0146. The molecule has 0 aromatic rings. The van der Waals surface area contributed by atoms with E-state index < -0.39 is 91.5 Å². The molecule has 0 fully saturated rings. The van der Waals surface area contributed by atoms with Crippen LogP contribution in [0, 0.1) is 0 Å². The summed E-state index contributed by atoms with van der Waals surface area (Å²) in [5, 5.41) is 20.5. The molecule has 0 heterocycles. The fraction of sp³-hybridized carbons (Fsp3) is 0.704. The number of hydrogen-bond acceptors (Lipinski definition) is 14. The van der Waals surface area contributed by atoms with Crippen molar-refractivity contribution in [1.29, 1.82) is 0 Å². The average Bonchev–Trinajstić information content (AvgIpc) is 3.55. The van der Waals surface area contributed by atoms with Gasteiger partial charge in [0, 0.05) is 19.3 Å². The molecule has 0 spiro atoms. The zero-order valence-electron chi connectivity index (χ0n) is 55.3. The van der Waals surface area contributed by atoms with Crippen LogP contribution in [0.3, 0.4) is 0 Å². The number of phosphoric acid groups is 2. The number of rotatable bonds is 64. The fourth-order valence-corrected chi connectivity index (χ4v) is 10.4. The first-order valence-electron chi connectivity index (χ1n) is 34.2. The molecule has 18 heteroatoms. The lowest BCUT2D eigenvalue weighted by molar-refractivity contribution is -0.161. The summed E-state index contributed by atoms with van der Waals surface area (Å²) in [6, 6.07) is 0. The van der Waals surface area contributed by atoms with E-state index in [9.17, 15) is 43.5 Å². The molecule has 4 N–H and O–H groups in total. The van der Waals surface area contributed by atoms with Crippen molar-refractivity contribution in [1.82, 2.24) is 0 Å².